The Bertz CT molecular complexity index is 547. The van der Waals surface area contributed by atoms with Crippen molar-refractivity contribution in [1.29, 1.82) is 0 Å². The van der Waals surface area contributed by atoms with Crippen LogP contribution in [0.5, 0.6) is 0 Å². The lowest BCUT2D eigenvalue weighted by molar-refractivity contribution is 0.0949. The predicted octanol–water partition coefficient (Wildman–Crippen LogP) is 2.37. The molecule has 1 amide bonds. The molecule has 1 atom stereocenters. The summed E-state index contributed by atoms with van der Waals surface area (Å²) in [6, 6.07) is 11.4. The molecule has 0 aliphatic carbocycles. The summed E-state index contributed by atoms with van der Waals surface area (Å²) in [4.78, 5) is 12.0. The molecule has 0 fully saturated rings. The summed E-state index contributed by atoms with van der Waals surface area (Å²) < 4.78 is 1.96. The highest BCUT2D eigenvalue weighted by atomic mass is 16.3. The third kappa shape index (κ3) is 3.96. The number of hydrogen-bond donors (Lipinski definition) is 2. The van der Waals surface area contributed by atoms with Crippen molar-refractivity contribution in [2.75, 3.05) is 6.54 Å². The molecular weight excluding hydrogens is 252 g/mol. The van der Waals surface area contributed by atoms with Gasteiger partial charge in [-0.15, -0.1) is 0 Å². The fourth-order valence-corrected chi connectivity index (χ4v) is 2.02. The molecule has 0 spiro atoms. The normalized spacial score (nSPS) is 12.1. The highest BCUT2D eigenvalue weighted by Gasteiger charge is 2.06. The largest absolute Gasteiger partial charge is 0.393 e. The molecule has 2 N–H and O–H groups in total. The van der Waals surface area contributed by atoms with Gasteiger partial charge in [0.25, 0.3) is 5.91 Å². The summed E-state index contributed by atoms with van der Waals surface area (Å²) in [5.41, 5.74) is 1.61. The van der Waals surface area contributed by atoms with Gasteiger partial charge in [-0.2, -0.15) is 0 Å². The Hall–Kier alpha value is -2.07. The molecular formula is C16H20N2O2. The number of carbonyl (C=O) groups is 1. The van der Waals surface area contributed by atoms with E-state index in [2.05, 4.69) is 5.32 Å². The molecule has 106 valence electrons. The fraction of sp³-hybridized carbons (Fsp3) is 0.312. The van der Waals surface area contributed by atoms with Gasteiger partial charge < -0.3 is 15.0 Å². The maximum Gasteiger partial charge on any atom is 0.251 e. The second-order valence-corrected chi connectivity index (χ2v) is 4.89. The summed E-state index contributed by atoms with van der Waals surface area (Å²) in [7, 11) is 0. The van der Waals surface area contributed by atoms with Crippen molar-refractivity contribution in [2.45, 2.75) is 25.9 Å². The number of benzene rings is 1. The summed E-state index contributed by atoms with van der Waals surface area (Å²) in [6.45, 7) is 2.33. The van der Waals surface area contributed by atoms with Gasteiger partial charge in [-0.3, -0.25) is 4.79 Å². The second-order valence-electron chi connectivity index (χ2n) is 4.89. The van der Waals surface area contributed by atoms with Crippen molar-refractivity contribution in [3.05, 3.63) is 54.4 Å². The van der Waals surface area contributed by atoms with E-state index in [1.54, 1.807) is 13.0 Å². The summed E-state index contributed by atoms with van der Waals surface area (Å²) in [5, 5.41) is 12.0. The van der Waals surface area contributed by atoms with Crippen LogP contribution in [0.3, 0.4) is 0 Å². The average Bonchev–Trinajstić information content (AvgIpc) is 2.97. The Labute approximate surface area is 119 Å². The number of hydrogen-bond acceptors (Lipinski definition) is 2. The minimum absolute atomic E-state index is 0.0791. The van der Waals surface area contributed by atoms with E-state index < -0.39 is 0 Å². The number of nitrogens with zero attached hydrogens (tertiary/aromatic N) is 1. The number of amides is 1. The number of nitrogens with one attached hydrogen (secondary N) is 1. The number of aliphatic hydroxyl groups is 1. The monoisotopic (exact) mass is 272 g/mol. The smallest absolute Gasteiger partial charge is 0.251 e. The quantitative estimate of drug-likeness (QED) is 0.793. The molecule has 1 aromatic carbocycles. The van der Waals surface area contributed by atoms with Gasteiger partial charge in [0, 0.05) is 30.2 Å². The zero-order valence-corrected chi connectivity index (χ0v) is 11.6. The molecule has 0 radical (unpaired) electrons. The zero-order chi connectivity index (χ0) is 14.4. The molecule has 0 saturated carbocycles. The second kappa shape index (κ2) is 6.91. The van der Waals surface area contributed by atoms with Gasteiger partial charge >= 0.3 is 0 Å². The third-order valence-corrected chi connectivity index (χ3v) is 3.10. The first kappa shape index (κ1) is 14.3. The first-order chi connectivity index (χ1) is 9.66. The minimum atomic E-state index is -0.316. The molecule has 1 heterocycles. The highest BCUT2D eigenvalue weighted by molar-refractivity contribution is 5.94. The van der Waals surface area contributed by atoms with E-state index in [0.29, 0.717) is 18.5 Å². The van der Waals surface area contributed by atoms with Crippen LogP contribution >= 0.6 is 0 Å². The Morgan fingerprint density at radius 3 is 2.75 bits per heavy atom. The Kier molecular flexibility index (Phi) is 4.96. The van der Waals surface area contributed by atoms with Crippen molar-refractivity contribution < 1.29 is 9.90 Å². The van der Waals surface area contributed by atoms with Crippen LogP contribution in [0.25, 0.3) is 5.69 Å². The van der Waals surface area contributed by atoms with E-state index in [-0.39, 0.29) is 12.0 Å². The molecule has 4 nitrogen and oxygen atoms in total. The molecule has 0 bridgehead atoms. The first-order valence-electron chi connectivity index (χ1n) is 6.86. The van der Waals surface area contributed by atoms with E-state index in [9.17, 15) is 4.79 Å². The van der Waals surface area contributed by atoms with E-state index >= 15 is 0 Å². The van der Waals surface area contributed by atoms with Gasteiger partial charge in [0.2, 0.25) is 0 Å². The lowest BCUT2D eigenvalue weighted by Crippen LogP contribution is -2.25. The van der Waals surface area contributed by atoms with Crippen molar-refractivity contribution >= 4 is 5.91 Å². The maximum atomic E-state index is 12.0. The van der Waals surface area contributed by atoms with Crippen LogP contribution in [0.2, 0.25) is 0 Å². The standard InChI is InChI=1S/C16H20N2O2/c1-13(19)6-5-9-17-16(20)14-7-4-8-15(12-14)18-10-2-3-11-18/h2-4,7-8,10-13,19H,5-6,9H2,1H3,(H,17,20). The lowest BCUT2D eigenvalue weighted by Gasteiger charge is -2.08. The third-order valence-electron chi connectivity index (χ3n) is 3.10. The molecule has 0 aliphatic rings. The molecule has 4 heteroatoms. The summed E-state index contributed by atoms with van der Waals surface area (Å²) in [6.07, 6.45) is 5.05. The lowest BCUT2D eigenvalue weighted by atomic mass is 10.1. The van der Waals surface area contributed by atoms with Crippen LogP contribution < -0.4 is 5.32 Å². The van der Waals surface area contributed by atoms with Crippen LogP contribution in [-0.2, 0) is 0 Å². The molecule has 20 heavy (non-hydrogen) atoms. The van der Waals surface area contributed by atoms with Gasteiger partial charge in [0.15, 0.2) is 0 Å². The minimum Gasteiger partial charge on any atom is -0.393 e. The Morgan fingerprint density at radius 2 is 2.05 bits per heavy atom. The van der Waals surface area contributed by atoms with Gasteiger partial charge in [-0.05, 0) is 50.1 Å². The number of rotatable bonds is 6. The maximum absolute atomic E-state index is 12.0. The molecule has 1 unspecified atom stereocenters. The van der Waals surface area contributed by atoms with Crippen molar-refractivity contribution in [3.63, 3.8) is 0 Å². The number of carbonyl (C=O) groups excluding carboxylic acids is 1. The SMILES string of the molecule is CC(O)CCCNC(=O)c1cccc(-n2cccc2)c1. The first-order valence-corrected chi connectivity index (χ1v) is 6.86. The Morgan fingerprint density at radius 1 is 1.30 bits per heavy atom. The molecule has 1 aromatic heterocycles. The fourth-order valence-electron chi connectivity index (χ4n) is 2.02. The van der Waals surface area contributed by atoms with E-state index in [1.165, 1.54) is 0 Å². The van der Waals surface area contributed by atoms with Crippen LogP contribution in [0, 0.1) is 0 Å². The topological polar surface area (TPSA) is 54.3 Å². The van der Waals surface area contributed by atoms with Crippen LogP contribution in [0.4, 0.5) is 0 Å². The molecule has 2 rings (SSSR count). The van der Waals surface area contributed by atoms with Gasteiger partial charge in [0.05, 0.1) is 6.10 Å². The van der Waals surface area contributed by atoms with E-state index in [4.69, 9.17) is 5.11 Å². The summed E-state index contributed by atoms with van der Waals surface area (Å²) in [5.74, 6) is -0.0791. The van der Waals surface area contributed by atoms with E-state index in [1.807, 2.05) is 47.3 Å². The van der Waals surface area contributed by atoms with Crippen molar-refractivity contribution in [3.8, 4) is 5.69 Å². The van der Waals surface area contributed by atoms with Gasteiger partial charge in [-0.1, -0.05) is 6.07 Å². The van der Waals surface area contributed by atoms with Crippen molar-refractivity contribution in [2.24, 2.45) is 0 Å². The van der Waals surface area contributed by atoms with Crippen LogP contribution in [0.15, 0.2) is 48.8 Å². The molecule has 0 saturated heterocycles. The molecule has 2 aromatic rings. The Balaban J connectivity index is 1.95. The highest BCUT2D eigenvalue weighted by Crippen LogP contribution is 2.11. The zero-order valence-electron chi connectivity index (χ0n) is 11.6. The van der Waals surface area contributed by atoms with Crippen LogP contribution in [-0.4, -0.2) is 28.2 Å². The van der Waals surface area contributed by atoms with Gasteiger partial charge in [0.1, 0.15) is 0 Å². The van der Waals surface area contributed by atoms with Crippen molar-refractivity contribution in [1.82, 2.24) is 9.88 Å². The molecule has 0 aliphatic heterocycles. The van der Waals surface area contributed by atoms with Gasteiger partial charge in [-0.25, -0.2) is 0 Å². The number of aliphatic hydroxyl groups excluding tert-OH is 1. The predicted molar refractivity (Wildman–Crippen MR) is 79.0 cm³/mol. The summed E-state index contributed by atoms with van der Waals surface area (Å²) >= 11 is 0. The van der Waals surface area contributed by atoms with E-state index in [0.717, 1.165) is 12.1 Å². The van der Waals surface area contributed by atoms with Crippen LogP contribution in [0.1, 0.15) is 30.1 Å². The average molecular weight is 272 g/mol. The number of aromatic nitrogens is 1.